The molecule has 5 nitrogen and oxygen atoms in total. The minimum Gasteiger partial charge on any atom is -0.488 e. The largest absolute Gasteiger partial charge is 0.488 e. The van der Waals surface area contributed by atoms with Gasteiger partial charge in [-0.25, -0.2) is 4.68 Å². The highest BCUT2D eigenvalue weighted by atomic mass is 16.5. The Kier molecular flexibility index (Phi) is 7.02. The Morgan fingerprint density at radius 1 is 0.951 bits per heavy atom. The molecule has 0 N–H and O–H groups in total. The van der Waals surface area contributed by atoms with Gasteiger partial charge in [-0.05, 0) is 62.8 Å². The molecule has 1 aliphatic rings. The number of allylic oxidation sites excluding steroid dienone is 1. The maximum atomic E-state index is 13.7. The zero-order valence-corrected chi connectivity index (χ0v) is 23.5. The van der Waals surface area contributed by atoms with Crippen LogP contribution in [0.3, 0.4) is 0 Å². The Morgan fingerprint density at radius 2 is 1.66 bits per heavy atom. The zero-order valence-electron chi connectivity index (χ0n) is 23.5. The molecule has 0 unspecified atom stereocenters. The van der Waals surface area contributed by atoms with Crippen LogP contribution in [0, 0.1) is 6.92 Å². The van der Waals surface area contributed by atoms with E-state index in [-0.39, 0.29) is 11.4 Å². The molecule has 0 saturated carbocycles. The molecule has 0 atom stereocenters. The highest BCUT2D eigenvalue weighted by molar-refractivity contribution is 6.09. The highest BCUT2D eigenvalue weighted by Gasteiger charge is 2.34. The molecule has 0 amide bonds. The van der Waals surface area contributed by atoms with Gasteiger partial charge in [-0.1, -0.05) is 78.4 Å². The summed E-state index contributed by atoms with van der Waals surface area (Å²) in [7, 11) is 0. The van der Waals surface area contributed by atoms with Gasteiger partial charge in [-0.2, -0.15) is 5.10 Å². The van der Waals surface area contributed by atoms with Crippen LogP contribution in [0.2, 0.25) is 0 Å². The smallest absolute Gasteiger partial charge is 0.189 e. The van der Waals surface area contributed by atoms with E-state index in [4.69, 9.17) is 14.6 Å². The van der Waals surface area contributed by atoms with Gasteiger partial charge in [0.25, 0.3) is 0 Å². The lowest BCUT2D eigenvalue weighted by Crippen LogP contribution is -2.24. The van der Waals surface area contributed by atoms with Crippen LogP contribution in [0.5, 0.6) is 11.5 Å². The maximum absolute atomic E-state index is 13.7. The maximum Gasteiger partial charge on any atom is 0.189 e. The number of fused-ring (bicyclic) bond motifs is 1. The van der Waals surface area contributed by atoms with E-state index >= 15 is 0 Å². The van der Waals surface area contributed by atoms with Crippen molar-refractivity contribution in [3.05, 3.63) is 137 Å². The number of aryl methyl sites for hydroxylation is 1. The highest BCUT2D eigenvalue weighted by Crippen LogP contribution is 2.43. The molecule has 0 aliphatic carbocycles. The van der Waals surface area contributed by atoms with E-state index < -0.39 is 0 Å². The third-order valence-corrected chi connectivity index (χ3v) is 7.20. The van der Waals surface area contributed by atoms with Crippen molar-refractivity contribution in [2.45, 2.75) is 39.4 Å². The quantitative estimate of drug-likeness (QED) is 0.148. The van der Waals surface area contributed by atoms with Gasteiger partial charge in [-0.15, -0.1) is 0 Å². The molecule has 4 aromatic carbocycles. The van der Waals surface area contributed by atoms with E-state index in [9.17, 15) is 4.79 Å². The second-order valence-corrected chi connectivity index (χ2v) is 11.0. The van der Waals surface area contributed by atoms with Gasteiger partial charge in [0.15, 0.2) is 5.78 Å². The molecule has 1 aromatic heterocycles. The van der Waals surface area contributed by atoms with Crippen molar-refractivity contribution in [3.8, 4) is 28.4 Å². The first-order valence-electron chi connectivity index (χ1n) is 13.8. The van der Waals surface area contributed by atoms with Crippen molar-refractivity contribution in [1.82, 2.24) is 9.78 Å². The van der Waals surface area contributed by atoms with Gasteiger partial charge < -0.3 is 9.47 Å². The monoisotopic (exact) mass is 540 g/mol. The number of carbonyl (C=O) groups is 1. The molecular formula is C36H32N2O3. The van der Waals surface area contributed by atoms with Gasteiger partial charge in [0.2, 0.25) is 0 Å². The molecule has 0 saturated heterocycles. The average molecular weight is 541 g/mol. The molecule has 1 aliphatic heterocycles. The topological polar surface area (TPSA) is 53.4 Å². The second-order valence-electron chi connectivity index (χ2n) is 11.0. The fraction of sp³-hybridized carbons (Fsp3) is 0.167. The number of rotatable bonds is 8. The van der Waals surface area contributed by atoms with Crippen molar-refractivity contribution in [3.63, 3.8) is 0 Å². The predicted molar refractivity (Wildman–Crippen MR) is 163 cm³/mol. The second kappa shape index (κ2) is 10.9. The SMILES string of the molecule is Cc1ccc(-c2nn(-c3ccccc3)cc2/C=C/C(=O)c2ccc3c(c2OCc2ccccc2)CC(C)(C)O3)cc1. The molecule has 204 valence electrons. The normalized spacial score (nSPS) is 13.6. The van der Waals surface area contributed by atoms with Crippen molar-refractivity contribution in [2.75, 3.05) is 0 Å². The molecule has 0 spiro atoms. The number of carbonyl (C=O) groups excluding carboxylic acids is 1. The number of hydrogen-bond donors (Lipinski definition) is 0. The van der Waals surface area contributed by atoms with Crippen LogP contribution >= 0.6 is 0 Å². The summed E-state index contributed by atoms with van der Waals surface area (Å²) < 4.78 is 14.3. The molecular weight excluding hydrogens is 508 g/mol. The summed E-state index contributed by atoms with van der Waals surface area (Å²) in [5.74, 6) is 1.22. The van der Waals surface area contributed by atoms with E-state index in [1.54, 1.807) is 6.08 Å². The summed E-state index contributed by atoms with van der Waals surface area (Å²) in [5.41, 5.74) is 6.90. The first-order valence-corrected chi connectivity index (χ1v) is 13.8. The van der Waals surface area contributed by atoms with Crippen molar-refractivity contribution < 1.29 is 14.3 Å². The Morgan fingerprint density at radius 3 is 2.39 bits per heavy atom. The van der Waals surface area contributed by atoms with Crippen LogP contribution in [-0.4, -0.2) is 21.2 Å². The summed E-state index contributed by atoms with van der Waals surface area (Å²) in [6, 6.07) is 31.9. The fourth-order valence-electron chi connectivity index (χ4n) is 5.13. The number of ketones is 1. The minimum absolute atomic E-state index is 0.136. The van der Waals surface area contributed by atoms with Gasteiger partial charge in [0, 0.05) is 29.3 Å². The summed E-state index contributed by atoms with van der Waals surface area (Å²) >= 11 is 0. The van der Waals surface area contributed by atoms with Gasteiger partial charge >= 0.3 is 0 Å². The van der Waals surface area contributed by atoms with E-state index in [0.29, 0.717) is 24.3 Å². The average Bonchev–Trinajstić information content (AvgIpc) is 3.55. The lowest BCUT2D eigenvalue weighted by atomic mass is 9.97. The fourth-order valence-corrected chi connectivity index (χ4v) is 5.13. The molecule has 0 radical (unpaired) electrons. The van der Waals surface area contributed by atoms with Crippen LogP contribution in [0.15, 0.2) is 109 Å². The number of hydrogen-bond acceptors (Lipinski definition) is 4. The number of para-hydroxylation sites is 1. The Hall–Kier alpha value is -4.90. The first kappa shape index (κ1) is 26.3. The molecule has 5 heteroatoms. The number of ether oxygens (including phenoxy) is 2. The summed E-state index contributed by atoms with van der Waals surface area (Å²) in [6.45, 7) is 6.52. The number of aromatic nitrogens is 2. The van der Waals surface area contributed by atoms with Gasteiger partial charge in [0.05, 0.1) is 16.9 Å². The number of benzene rings is 4. The Bertz CT molecular complexity index is 1720. The van der Waals surface area contributed by atoms with Crippen LogP contribution in [0.1, 0.15) is 46.5 Å². The lowest BCUT2D eigenvalue weighted by Gasteiger charge is -2.16. The van der Waals surface area contributed by atoms with Crippen molar-refractivity contribution in [2.24, 2.45) is 0 Å². The molecule has 41 heavy (non-hydrogen) atoms. The third kappa shape index (κ3) is 5.71. The standard InChI is InChI=1S/C36H32N2O3/c1-25-14-16-27(17-15-25)34-28(23-38(37-34)29-12-8-5-9-13-29)18-20-32(39)30-19-21-33-31(22-36(2,3)41-33)35(30)40-24-26-10-6-4-7-11-26/h4-21,23H,22,24H2,1-3H3/b20-18+. The first-order chi connectivity index (χ1) is 19.9. The molecule has 6 rings (SSSR count). The van der Waals surface area contributed by atoms with E-state index in [1.165, 1.54) is 5.56 Å². The Balaban J connectivity index is 1.36. The molecule has 0 fully saturated rings. The molecule has 5 aromatic rings. The minimum atomic E-state index is -0.361. The number of nitrogens with zero attached hydrogens (tertiary/aromatic N) is 2. The summed E-state index contributed by atoms with van der Waals surface area (Å²) in [5, 5.41) is 4.89. The summed E-state index contributed by atoms with van der Waals surface area (Å²) in [6.07, 6.45) is 6.08. The van der Waals surface area contributed by atoms with Gasteiger partial charge in [-0.3, -0.25) is 4.79 Å². The van der Waals surface area contributed by atoms with Crippen molar-refractivity contribution in [1.29, 1.82) is 0 Å². The molecule has 2 heterocycles. The van der Waals surface area contributed by atoms with Crippen LogP contribution in [-0.2, 0) is 13.0 Å². The van der Waals surface area contributed by atoms with Crippen LogP contribution in [0.4, 0.5) is 0 Å². The zero-order chi connectivity index (χ0) is 28.4. The van der Waals surface area contributed by atoms with Gasteiger partial charge in [0.1, 0.15) is 23.7 Å². The predicted octanol–water partition coefficient (Wildman–Crippen LogP) is 8.04. The summed E-state index contributed by atoms with van der Waals surface area (Å²) in [4.78, 5) is 13.7. The van der Waals surface area contributed by atoms with Crippen LogP contribution < -0.4 is 9.47 Å². The van der Waals surface area contributed by atoms with Crippen molar-refractivity contribution >= 4 is 11.9 Å². The van der Waals surface area contributed by atoms with E-state index in [2.05, 4.69) is 31.2 Å². The molecule has 0 bridgehead atoms. The van der Waals surface area contributed by atoms with Crippen LogP contribution in [0.25, 0.3) is 23.0 Å². The lowest BCUT2D eigenvalue weighted by molar-refractivity contribution is 0.104. The Labute approximate surface area is 240 Å². The third-order valence-electron chi connectivity index (χ3n) is 7.20. The van der Waals surface area contributed by atoms with E-state index in [1.807, 2.05) is 104 Å². The van der Waals surface area contributed by atoms with E-state index in [0.717, 1.165) is 39.4 Å².